The van der Waals surface area contributed by atoms with Crippen molar-refractivity contribution < 1.29 is 4.74 Å². The van der Waals surface area contributed by atoms with Crippen LogP contribution < -0.4 is 11.3 Å². The maximum atomic E-state index is 5.93. The highest BCUT2D eigenvalue weighted by molar-refractivity contribution is 5.00. The van der Waals surface area contributed by atoms with E-state index in [1.54, 1.807) is 0 Å². The maximum absolute atomic E-state index is 5.93. The molecule has 1 aliphatic heterocycles. The second-order valence-electron chi connectivity index (χ2n) is 5.00. The molecule has 5 heteroatoms. The largest absolute Gasteiger partial charge is 0.374 e. The maximum Gasteiger partial charge on any atom is 0.110 e. The molecule has 0 saturated carbocycles. The third-order valence-corrected chi connectivity index (χ3v) is 3.75. The quantitative estimate of drug-likeness (QED) is 0.600. The van der Waals surface area contributed by atoms with Crippen molar-refractivity contribution in [3.8, 4) is 0 Å². The summed E-state index contributed by atoms with van der Waals surface area (Å²) in [4.78, 5) is 4.34. The molecule has 0 spiro atoms. The minimum absolute atomic E-state index is 0.101. The van der Waals surface area contributed by atoms with Crippen molar-refractivity contribution in [1.29, 1.82) is 0 Å². The average Bonchev–Trinajstić information content (AvgIpc) is 2.72. The van der Waals surface area contributed by atoms with Crippen LogP contribution in [0.25, 0.3) is 0 Å². The van der Waals surface area contributed by atoms with Crippen LogP contribution >= 0.6 is 0 Å². The van der Waals surface area contributed by atoms with Crippen molar-refractivity contribution in [1.82, 2.24) is 15.0 Å². The molecule has 0 amide bonds. The number of aromatic nitrogens is 2. The summed E-state index contributed by atoms with van der Waals surface area (Å²) in [5.41, 5.74) is 2.72. The first kappa shape index (κ1) is 12.5. The fourth-order valence-corrected chi connectivity index (χ4v) is 2.46. The van der Waals surface area contributed by atoms with Gasteiger partial charge in [0.15, 0.2) is 0 Å². The van der Waals surface area contributed by atoms with E-state index in [0.29, 0.717) is 0 Å². The van der Waals surface area contributed by atoms with Crippen LogP contribution in [-0.4, -0.2) is 27.8 Å². The Kier molecular flexibility index (Phi) is 3.81. The number of nitrogens with one attached hydrogen (secondary N) is 1. The van der Waals surface area contributed by atoms with Gasteiger partial charge in [0, 0.05) is 32.5 Å². The first-order chi connectivity index (χ1) is 8.15. The van der Waals surface area contributed by atoms with E-state index in [2.05, 4.69) is 17.3 Å². The van der Waals surface area contributed by atoms with Crippen LogP contribution in [0.4, 0.5) is 0 Å². The van der Waals surface area contributed by atoms with Crippen molar-refractivity contribution in [3.05, 3.63) is 18.2 Å². The summed E-state index contributed by atoms with van der Waals surface area (Å²) < 4.78 is 7.95. The fraction of sp³-hybridized carbons (Fsp3) is 0.750. The Bertz CT molecular complexity index is 357. The highest BCUT2D eigenvalue weighted by Crippen LogP contribution is 2.29. The molecule has 2 unspecified atom stereocenters. The van der Waals surface area contributed by atoms with E-state index in [4.69, 9.17) is 10.6 Å². The molecule has 1 aromatic heterocycles. The number of imidazole rings is 1. The van der Waals surface area contributed by atoms with Crippen LogP contribution in [0.2, 0.25) is 0 Å². The zero-order valence-electron chi connectivity index (χ0n) is 10.6. The van der Waals surface area contributed by atoms with Crippen molar-refractivity contribution >= 4 is 0 Å². The zero-order chi connectivity index (χ0) is 12.3. The van der Waals surface area contributed by atoms with Crippen LogP contribution in [-0.2, 0) is 18.2 Å². The van der Waals surface area contributed by atoms with Crippen LogP contribution in [0.3, 0.4) is 0 Å². The number of hydrogen-bond donors (Lipinski definition) is 2. The molecule has 0 radical (unpaired) electrons. The van der Waals surface area contributed by atoms with Crippen LogP contribution in [0, 0.1) is 0 Å². The summed E-state index contributed by atoms with van der Waals surface area (Å²) in [5.74, 6) is 6.72. The predicted octanol–water partition coefficient (Wildman–Crippen LogP) is 0.754. The first-order valence-electron chi connectivity index (χ1n) is 6.22. The molecule has 5 nitrogen and oxygen atoms in total. The summed E-state index contributed by atoms with van der Waals surface area (Å²) in [5, 5.41) is 0. The normalized spacial score (nSPS) is 27.0. The Morgan fingerprint density at radius 1 is 1.65 bits per heavy atom. The summed E-state index contributed by atoms with van der Waals surface area (Å²) in [6.45, 7) is 2.97. The lowest BCUT2D eigenvalue weighted by Gasteiger charge is -2.40. The predicted molar refractivity (Wildman–Crippen MR) is 66.2 cm³/mol. The van der Waals surface area contributed by atoms with Crippen molar-refractivity contribution in [3.63, 3.8) is 0 Å². The molecule has 3 N–H and O–H groups in total. The van der Waals surface area contributed by atoms with E-state index in [1.807, 2.05) is 24.0 Å². The van der Waals surface area contributed by atoms with Crippen LogP contribution in [0.5, 0.6) is 0 Å². The molecule has 2 heterocycles. The highest BCUT2D eigenvalue weighted by atomic mass is 16.5. The van der Waals surface area contributed by atoms with Gasteiger partial charge in [-0.1, -0.05) is 0 Å². The molecule has 1 fully saturated rings. The van der Waals surface area contributed by atoms with Gasteiger partial charge in [-0.05, 0) is 26.2 Å². The van der Waals surface area contributed by atoms with E-state index in [-0.39, 0.29) is 11.6 Å². The molecule has 2 rings (SSSR count). The summed E-state index contributed by atoms with van der Waals surface area (Å²) >= 11 is 0. The number of rotatable bonds is 4. The Labute approximate surface area is 102 Å². The third-order valence-electron chi connectivity index (χ3n) is 3.75. The summed E-state index contributed by atoms with van der Waals surface area (Å²) in [6.07, 6.45) is 7.95. The molecule has 0 aromatic carbocycles. The lowest BCUT2D eigenvalue weighted by molar-refractivity contribution is -0.0888. The molecule has 17 heavy (non-hydrogen) atoms. The Morgan fingerprint density at radius 2 is 2.47 bits per heavy atom. The van der Waals surface area contributed by atoms with Gasteiger partial charge in [-0.2, -0.15) is 0 Å². The van der Waals surface area contributed by atoms with Gasteiger partial charge in [-0.3, -0.25) is 11.3 Å². The molecule has 2 atom stereocenters. The second kappa shape index (κ2) is 5.16. The number of hydrogen-bond acceptors (Lipinski definition) is 4. The van der Waals surface area contributed by atoms with E-state index < -0.39 is 0 Å². The van der Waals surface area contributed by atoms with Crippen LogP contribution in [0.1, 0.15) is 32.0 Å². The first-order valence-corrected chi connectivity index (χ1v) is 6.22. The molecule has 0 aliphatic carbocycles. The number of ether oxygens (including phenoxy) is 1. The van der Waals surface area contributed by atoms with Gasteiger partial charge in [0.05, 0.1) is 11.6 Å². The van der Waals surface area contributed by atoms with Gasteiger partial charge in [0.25, 0.3) is 0 Å². The standard InChI is InChI=1S/C12H22N4O/c1-12(5-3-4-8-17-12)10(15-13)9-11-14-6-7-16(11)2/h6-7,10,15H,3-5,8-9,13H2,1-2H3. The molecule has 1 aliphatic rings. The zero-order valence-corrected chi connectivity index (χ0v) is 10.6. The molecule has 96 valence electrons. The van der Waals surface area contributed by atoms with Gasteiger partial charge in [0.1, 0.15) is 5.82 Å². The highest BCUT2D eigenvalue weighted by Gasteiger charge is 2.36. The fourth-order valence-electron chi connectivity index (χ4n) is 2.46. The average molecular weight is 238 g/mol. The Hall–Kier alpha value is -0.910. The summed E-state index contributed by atoms with van der Waals surface area (Å²) in [6, 6.07) is 0.101. The molecule has 1 aromatic rings. The molecule has 0 bridgehead atoms. The molecular formula is C12H22N4O. The lowest BCUT2D eigenvalue weighted by Crippen LogP contribution is -2.55. The van der Waals surface area contributed by atoms with Gasteiger partial charge < -0.3 is 9.30 Å². The SMILES string of the molecule is Cn1ccnc1CC(NN)C1(C)CCCCO1. The van der Waals surface area contributed by atoms with Gasteiger partial charge >= 0.3 is 0 Å². The second-order valence-corrected chi connectivity index (χ2v) is 5.00. The van der Waals surface area contributed by atoms with E-state index >= 15 is 0 Å². The number of nitrogens with two attached hydrogens (primary N) is 1. The van der Waals surface area contributed by atoms with Gasteiger partial charge in [-0.25, -0.2) is 4.98 Å². The third kappa shape index (κ3) is 2.68. The summed E-state index contributed by atoms with van der Waals surface area (Å²) in [7, 11) is 2.00. The van der Waals surface area contributed by atoms with Crippen molar-refractivity contribution in [2.24, 2.45) is 12.9 Å². The van der Waals surface area contributed by atoms with Gasteiger partial charge in [-0.15, -0.1) is 0 Å². The number of aryl methyl sites for hydroxylation is 1. The molecule has 1 saturated heterocycles. The van der Waals surface area contributed by atoms with Gasteiger partial charge in [0.2, 0.25) is 0 Å². The van der Waals surface area contributed by atoms with E-state index in [0.717, 1.165) is 31.7 Å². The minimum atomic E-state index is -0.182. The smallest absolute Gasteiger partial charge is 0.110 e. The van der Waals surface area contributed by atoms with E-state index in [1.165, 1.54) is 6.42 Å². The monoisotopic (exact) mass is 238 g/mol. The van der Waals surface area contributed by atoms with Crippen molar-refractivity contribution in [2.75, 3.05) is 6.61 Å². The Balaban J connectivity index is 2.08. The topological polar surface area (TPSA) is 65.1 Å². The molecular weight excluding hydrogens is 216 g/mol. The van der Waals surface area contributed by atoms with Crippen LogP contribution in [0.15, 0.2) is 12.4 Å². The lowest BCUT2D eigenvalue weighted by atomic mass is 9.86. The van der Waals surface area contributed by atoms with E-state index in [9.17, 15) is 0 Å². The minimum Gasteiger partial charge on any atom is -0.374 e. The number of nitrogens with zero attached hydrogens (tertiary/aromatic N) is 2. The van der Waals surface area contributed by atoms with Crippen molar-refractivity contribution in [2.45, 2.75) is 44.2 Å². The number of hydrazine groups is 1. The Morgan fingerprint density at radius 3 is 3.00 bits per heavy atom.